The molecule has 0 aromatic carbocycles. The summed E-state index contributed by atoms with van der Waals surface area (Å²) in [5, 5.41) is 3.05. The molecule has 0 unspecified atom stereocenters. The van der Waals surface area contributed by atoms with Gasteiger partial charge in [-0.25, -0.2) is 8.42 Å². The second kappa shape index (κ2) is 10.9. The number of hydrogen-bond acceptors (Lipinski definition) is 4. The van der Waals surface area contributed by atoms with E-state index in [1.807, 2.05) is 6.92 Å². The van der Waals surface area contributed by atoms with E-state index in [4.69, 9.17) is 0 Å². The van der Waals surface area contributed by atoms with Crippen LogP contribution in [-0.2, 0) is 15.2 Å². The van der Waals surface area contributed by atoms with E-state index in [0.29, 0.717) is 0 Å². The molecule has 0 bridgehead atoms. The third-order valence-corrected chi connectivity index (χ3v) is 1.34. The first kappa shape index (κ1) is 14.4. The molecule has 0 fully saturated rings. The summed E-state index contributed by atoms with van der Waals surface area (Å²) in [5.74, 6) is 0. The maximum atomic E-state index is 9.83. The Morgan fingerprint density at radius 1 is 1.45 bits per heavy atom. The van der Waals surface area contributed by atoms with Crippen LogP contribution in [0.1, 0.15) is 13.3 Å². The van der Waals surface area contributed by atoms with E-state index >= 15 is 0 Å². The SMILES string of the molecule is CCNCCCO[SH](=O)=O.[NaH]. The Labute approximate surface area is 91.1 Å². The van der Waals surface area contributed by atoms with Gasteiger partial charge in [0.25, 0.3) is 11.0 Å². The zero-order valence-corrected chi connectivity index (χ0v) is 6.89. The molecule has 0 spiro atoms. The Morgan fingerprint density at radius 3 is 2.55 bits per heavy atom. The van der Waals surface area contributed by atoms with Crippen molar-refractivity contribution in [2.45, 2.75) is 13.3 Å². The summed E-state index contributed by atoms with van der Waals surface area (Å²) in [4.78, 5) is 0. The van der Waals surface area contributed by atoms with Gasteiger partial charge in [-0.15, -0.1) is 0 Å². The van der Waals surface area contributed by atoms with Gasteiger partial charge in [0.15, 0.2) is 0 Å². The van der Waals surface area contributed by atoms with Crippen LogP contribution in [0.25, 0.3) is 0 Å². The zero-order chi connectivity index (χ0) is 7.82. The predicted molar refractivity (Wildman–Crippen MR) is 46.6 cm³/mol. The Hall–Kier alpha value is 0.870. The Bertz CT molecular complexity index is 132. The second-order valence-corrected chi connectivity index (χ2v) is 2.47. The second-order valence-electron chi connectivity index (χ2n) is 1.76. The summed E-state index contributed by atoms with van der Waals surface area (Å²) < 4.78 is 24.0. The van der Waals surface area contributed by atoms with Crippen molar-refractivity contribution < 1.29 is 12.6 Å². The fraction of sp³-hybridized carbons (Fsp3) is 1.00. The van der Waals surface area contributed by atoms with Crippen LogP contribution < -0.4 is 5.32 Å². The van der Waals surface area contributed by atoms with Crippen LogP contribution >= 0.6 is 0 Å². The minimum atomic E-state index is -2.65. The van der Waals surface area contributed by atoms with Crippen LogP contribution in [0.2, 0.25) is 0 Å². The first-order chi connectivity index (χ1) is 4.77. The van der Waals surface area contributed by atoms with E-state index in [1.165, 1.54) is 0 Å². The molecule has 11 heavy (non-hydrogen) atoms. The molecule has 0 aliphatic rings. The normalized spacial score (nSPS) is 9.64. The molecule has 0 aliphatic carbocycles. The fourth-order valence-electron chi connectivity index (χ4n) is 0.513. The van der Waals surface area contributed by atoms with Crippen molar-refractivity contribution in [1.82, 2.24) is 5.32 Å². The van der Waals surface area contributed by atoms with E-state index in [9.17, 15) is 8.42 Å². The van der Waals surface area contributed by atoms with Crippen molar-refractivity contribution in [1.29, 1.82) is 0 Å². The average Bonchev–Trinajstić information content (AvgIpc) is 1.87. The van der Waals surface area contributed by atoms with Crippen molar-refractivity contribution in [2.75, 3.05) is 19.7 Å². The van der Waals surface area contributed by atoms with Gasteiger partial charge in [-0.2, -0.15) is 0 Å². The first-order valence-electron chi connectivity index (χ1n) is 3.25. The molecule has 0 saturated heterocycles. The van der Waals surface area contributed by atoms with E-state index in [1.54, 1.807) is 0 Å². The zero-order valence-electron chi connectivity index (χ0n) is 6.00. The van der Waals surface area contributed by atoms with E-state index in [2.05, 4.69) is 9.50 Å². The van der Waals surface area contributed by atoms with Crippen LogP contribution in [-0.4, -0.2) is 57.7 Å². The summed E-state index contributed by atoms with van der Waals surface area (Å²) in [7, 11) is -2.65. The fourth-order valence-corrected chi connectivity index (χ4v) is 0.791. The Balaban J connectivity index is 0. The van der Waals surface area contributed by atoms with E-state index < -0.39 is 11.0 Å². The number of rotatable bonds is 6. The molecular weight excluding hydrogens is 177 g/mol. The summed E-state index contributed by atoms with van der Waals surface area (Å²) in [6.45, 7) is 3.99. The summed E-state index contributed by atoms with van der Waals surface area (Å²) in [5.41, 5.74) is 0. The molecule has 6 heteroatoms. The summed E-state index contributed by atoms with van der Waals surface area (Å²) in [6, 6.07) is 0. The van der Waals surface area contributed by atoms with Gasteiger partial charge in [-0.3, -0.25) is 4.18 Å². The Kier molecular flexibility index (Phi) is 14.2. The van der Waals surface area contributed by atoms with Gasteiger partial charge in [-0.05, 0) is 19.5 Å². The van der Waals surface area contributed by atoms with E-state index in [0.717, 1.165) is 19.5 Å². The van der Waals surface area contributed by atoms with Gasteiger partial charge < -0.3 is 5.32 Å². The molecule has 1 N–H and O–H groups in total. The molecule has 0 rings (SSSR count). The molecule has 64 valence electrons. The molecular formula is C5H14NNaO3S. The molecule has 0 aromatic heterocycles. The summed E-state index contributed by atoms with van der Waals surface area (Å²) >= 11 is 0. The number of nitrogens with one attached hydrogen (secondary N) is 1. The van der Waals surface area contributed by atoms with Gasteiger partial charge in [0, 0.05) is 0 Å². The van der Waals surface area contributed by atoms with Crippen molar-refractivity contribution in [3.8, 4) is 0 Å². The molecule has 0 aromatic rings. The standard InChI is InChI=1S/C5H13NO3S.Na.H/c1-2-6-4-3-5-9-10(7)8;;/h6,10H,2-5H2,1H3;;. The molecule has 0 aliphatic heterocycles. The quantitative estimate of drug-likeness (QED) is 0.317. The monoisotopic (exact) mass is 191 g/mol. The van der Waals surface area contributed by atoms with Gasteiger partial charge in [0.2, 0.25) is 0 Å². The van der Waals surface area contributed by atoms with E-state index in [-0.39, 0.29) is 36.2 Å². The Morgan fingerprint density at radius 2 is 2.09 bits per heavy atom. The third kappa shape index (κ3) is 13.8. The maximum absolute atomic E-state index is 9.83. The predicted octanol–water partition coefficient (Wildman–Crippen LogP) is -1.12. The van der Waals surface area contributed by atoms with Crippen LogP contribution in [0.15, 0.2) is 0 Å². The van der Waals surface area contributed by atoms with Crippen LogP contribution in [0.3, 0.4) is 0 Å². The van der Waals surface area contributed by atoms with Crippen molar-refractivity contribution in [3.63, 3.8) is 0 Å². The van der Waals surface area contributed by atoms with Crippen molar-refractivity contribution >= 4 is 40.5 Å². The van der Waals surface area contributed by atoms with Gasteiger partial charge in [0.05, 0.1) is 6.61 Å². The molecule has 0 heterocycles. The van der Waals surface area contributed by atoms with Crippen LogP contribution in [0, 0.1) is 0 Å². The third-order valence-electron chi connectivity index (χ3n) is 0.945. The van der Waals surface area contributed by atoms with Crippen molar-refractivity contribution in [3.05, 3.63) is 0 Å². The molecule has 0 radical (unpaired) electrons. The molecule has 4 nitrogen and oxygen atoms in total. The van der Waals surface area contributed by atoms with Crippen LogP contribution in [0.4, 0.5) is 0 Å². The average molecular weight is 191 g/mol. The van der Waals surface area contributed by atoms with Crippen LogP contribution in [0.5, 0.6) is 0 Å². The summed E-state index contributed by atoms with van der Waals surface area (Å²) in [6.07, 6.45) is 0.733. The van der Waals surface area contributed by atoms with Gasteiger partial charge in [-0.1, -0.05) is 6.92 Å². The van der Waals surface area contributed by atoms with Crippen molar-refractivity contribution in [2.24, 2.45) is 0 Å². The van der Waals surface area contributed by atoms with Gasteiger partial charge in [0.1, 0.15) is 0 Å². The number of thiol groups is 1. The minimum absolute atomic E-state index is 0. The molecule has 0 amide bonds. The number of hydrogen-bond donors (Lipinski definition) is 2. The molecule has 0 atom stereocenters. The first-order valence-corrected chi connectivity index (χ1v) is 4.35. The van der Waals surface area contributed by atoms with Gasteiger partial charge >= 0.3 is 29.6 Å². The molecule has 0 saturated carbocycles. The topological polar surface area (TPSA) is 55.4 Å².